The number of rotatable bonds is 2. The second-order valence-electron chi connectivity index (χ2n) is 3.48. The number of benzene rings is 1. The molecule has 0 bridgehead atoms. The van der Waals surface area contributed by atoms with Crippen LogP contribution in [0.3, 0.4) is 0 Å². The average molecular weight is 267 g/mol. The summed E-state index contributed by atoms with van der Waals surface area (Å²) >= 11 is 5.68. The summed E-state index contributed by atoms with van der Waals surface area (Å²) in [6, 6.07) is 5.32. The third kappa shape index (κ3) is 2.57. The van der Waals surface area contributed by atoms with Crippen molar-refractivity contribution in [2.75, 3.05) is 5.32 Å². The number of hydrogen-bond donors (Lipinski definition) is 2. The molecule has 0 aliphatic carbocycles. The summed E-state index contributed by atoms with van der Waals surface area (Å²) in [5.74, 6) is -1.28. The smallest absolute Gasteiger partial charge is 0.255 e. The highest BCUT2D eigenvalue weighted by Gasteiger charge is 2.10. The molecule has 1 aromatic heterocycles. The molecule has 92 valence electrons. The van der Waals surface area contributed by atoms with Gasteiger partial charge in [0.2, 0.25) is 0 Å². The number of carbonyl (C=O) groups is 1. The monoisotopic (exact) mass is 266 g/mol. The third-order valence-electron chi connectivity index (χ3n) is 2.23. The van der Waals surface area contributed by atoms with Gasteiger partial charge in [-0.25, -0.2) is 4.39 Å². The number of amides is 1. The minimum atomic E-state index is -0.629. The van der Waals surface area contributed by atoms with E-state index in [4.69, 9.17) is 11.6 Å². The standard InChI is InChI=1S/C12H8ClFN2O2/c13-8-5-7(1-2-11(8)17)12(18)16-10-3-4-15-6-9(10)14/h1-6,17H,(H,15,16,18). The number of nitrogens with zero attached hydrogens (tertiary/aromatic N) is 1. The average Bonchev–Trinajstić information content (AvgIpc) is 2.35. The number of hydrogen-bond acceptors (Lipinski definition) is 3. The van der Waals surface area contributed by atoms with E-state index in [0.29, 0.717) is 0 Å². The number of pyridine rings is 1. The molecule has 1 aromatic carbocycles. The number of phenolic OH excluding ortho intramolecular Hbond substituents is 1. The maximum Gasteiger partial charge on any atom is 0.255 e. The van der Waals surface area contributed by atoms with Gasteiger partial charge in [0.25, 0.3) is 5.91 Å². The van der Waals surface area contributed by atoms with Crippen LogP contribution in [-0.2, 0) is 0 Å². The van der Waals surface area contributed by atoms with Gasteiger partial charge in [0.15, 0.2) is 5.82 Å². The van der Waals surface area contributed by atoms with Crippen LogP contribution in [0, 0.1) is 5.82 Å². The summed E-state index contributed by atoms with van der Waals surface area (Å²) in [4.78, 5) is 15.4. The van der Waals surface area contributed by atoms with E-state index in [1.807, 2.05) is 0 Å². The first-order valence-corrected chi connectivity index (χ1v) is 5.35. The quantitative estimate of drug-likeness (QED) is 0.879. The molecule has 2 rings (SSSR count). The Morgan fingerprint density at radius 1 is 1.39 bits per heavy atom. The van der Waals surface area contributed by atoms with Crippen molar-refractivity contribution >= 4 is 23.2 Å². The SMILES string of the molecule is O=C(Nc1ccncc1F)c1ccc(O)c(Cl)c1. The number of aromatic hydroxyl groups is 1. The summed E-state index contributed by atoms with van der Waals surface area (Å²) in [5.41, 5.74) is 0.244. The van der Waals surface area contributed by atoms with Crippen LogP contribution in [0.15, 0.2) is 36.7 Å². The van der Waals surface area contributed by atoms with E-state index in [1.165, 1.54) is 30.5 Å². The van der Waals surface area contributed by atoms with E-state index in [9.17, 15) is 14.3 Å². The maximum absolute atomic E-state index is 13.3. The van der Waals surface area contributed by atoms with Crippen LogP contribution in [0.1, 0.15) is 10.4 Å². The van der Waals surface area contributed by atoms with Crippen molar-refractivity contribution in [2.45, 2.75) is 0 Å². The fourth-order valence-electron chi connectivity index (χ4n) is 1.32. The predicted octanol–water partition coefficient (Wildman–Crippen LogP) is 2.83. The van der Waals surface area contributed by atoms with Gasteiger partial charge < -0.3 is 10.4 Å². The van der Waals surface area contributed by atoms with Crippen LogP contribution in [0.4, 0.5) is 10.1 Å². The summed E-state index contributed by atoms with van der Waals surface area (Å²) in [6.07, 6.45) is 2.36. The van der Waals surface area contributed by atoms with Gasteiger partial charge in [0.1, 0.15) is 5.75 Å². The Hall–Kier alpha value is -2.14. The lowest BCUT2D eigenvalue weighted by molar-refractivity contribution is 0.102. The van der Waals surface area contributed by atoms with Crippen LogP contribution >= 0.6 is 11.6 Å². The molecule has 0 fully saturated rings. The van der Waals surface area contributed by atoms with Gasteiger partial charge in [-0.05, 0) is 24.3 Å². The van der Waals surface area contributed by atoms with E-state index in [-0.39, 0.29) is 22.0 Å². The van der Waals surface area contributed by atoms with Gasteiger partial charge in [0, 0.05) is 11.8 Å². The van der Waals surface area contributed by atoms with Crippen molar-refractivity contribution in [1.82, 2.24) is 4.98 Å². The van der Waals surface area contributed by atoms with E-state index in [2.05, 4.69) is 10.3 Å². The van der Waals surface area contributed by atoms with Gasteiger partial charge in [-0.3, -0.25) is 9.78 Å². The van der Waals surface area contributed by atoms with Crippen molar-refractivity contribution in [2.24, 2.45) is 0 Å². The Balaban J connectivity index is 2.22. The minimum Gasteiger partial charge on any atom is -0.506 e. The Morgan fingerprint density at radius 3 is 2.83 bits per heavy atom. The number of anilines is 1. The Kier molecular flexibility index (Phi) is 3.43. The first-order valence-electron chi connectivity index (χ1n) is 4.97. The normalized spacial score (nSPS) is 10.1. The molecular formula is C12H8ClFN2O2. The molecule has 0 spiro atoms. The Bertz CT molecular complexity index is 604. The molecule has 2 aromatic rings. The van der Waals surface area contributed by atoms with Crippen molar-refractivity contribution in [1.29, 1.82) is 0 Å². The van der Waals surface area contributed by atoms with E-state index >= 15 is 0 Å². The second-order valence-corrected chi connectivity index (χ2v) is 3.88. The number of aromatic nitrogens is 1. The minimum absolute atomic E-state index is 0.0270. The number of carbonyl (C=O) groups excluding carboxylic acids is 1. The molecule has 0 saturated carbocycles. The van der Waals surface area contributed by atoms with Crippen LogP contribution in [0.25, 0.3) is 0 Å². The van der Waals surface area contributed by atoms with Gasteiger partial charge in [-0.15, -0.1) is 0 Å². The van der Waals surface area contributed by atoms with Gasteiger partial charge >= 0.3 is 0 Å². The van der Waals surface area contributed by atoms with Crippen LogP contribution in [0.2, 0.25) is 5.02 Å². The Labute approximate surface area is 107 Å². The van der Waals surface area contributed by atoms with E-state index in [1.54, 1.807) is 0 Å². The molecule has 0 unspecified atom stereocenters. The molecule has 0 atom stereocenters. The van der Waals surface area contributed by atoms with Crippen LogP contribution in [-0.4, -0.2) is 16.0 Å². The second kappa shape index (κ2) is 5.01. The van der Waals surface area contributed by atoms with Gasteiger partial charge in [-0.1, -0.05) is 11.6 Å². The van der Waals surface area contributed by atoms with Crippen LogP contribution < -0.4 is 5.32 Å². The molecule has 6 heteroatoms. The van der Waals surface area contributed by atoms with E-state index in [0.717, 1.165) is 6.20 Å². The number of phenols is 1. The highest BCUT2D eigenvalue weighted by Crippen LogP contribution is 2.24. The molecule has 0 radical (unpaired) electrons. The largest absolute Gasteiger partial charge is 0.506 e. The lowest BCUT2D eigenvalue weighted by atomic mass is 10.2. The predicted molar refractivity (Wildman–Crippen MR) is 65.3 cm³/mol. The van der Waals surface area contributed by atoms with E-state index < -0.39 is 11.7 Å². The topological polar surface area (TPSA) is 62.2 Å². The Morgan fingerprint density at radius 2 is 2.17 bits per heavy atom. The summed E-state index contributed by atoms with van der Waals surface area (Å²) < 4.78 is 13.3. The van der Waals surface area contributed by atoms with Crippen molar-refractivity contribution < 1.29 is 14.3 Å². The molecule has 1 heterocycles. The molecule has 0 aliphatic heterocycles. The fraction of sp³-hybridized carbons (Fsp3) is 0. The first kappa shape index (κ1) is 12.3. The molecule has 18 heavy (non-hydrogen) atoms. The lowest BCUT2D eigenvalue weighted by Crippen LogP contribution is -2.13. The summed E-state index contributed by atoms with van der Waals surface area (Å²) in [5, 5.41) is 11.7. The van der Waals surface area contributed by atoms with Gasteiger partial charge in [-0.2, -0.15) is 0 Å². The third-order valence-corrected chi connectivity index (χ3v) is 2.53. The van der Waals surface area contributed by atoms with Gasteiger partial charge in [0.05, 0.1) is 16.9 Å². The molecular weight excluding hydrogens is 259 g/mol. The molecule has 0 aliphatic rings. The first-order chi connectivity index (χ1) is 8.58. The maximum atomic E-state index is 13.3. The zero-order chi connectivity index (χ0) is 13.1. The number of halogens is 2. The van der Waals surface area contributed by atoms with Crippen molar-refractivity contribution in [3.8, 4) is 5.75 Å². The fourth-order valence-corrected chi connectivity index (χ4v) is 1.50. The lowest BCUT2D eigenvalue weighted by Gasteiger charge is -2.06. The van der Waals surface area contributed by atoms with Crippen molar-refractivity contribution in [3.05, 3.63) is 53.1 Å². The molecule has 4 nitrogen and oxygen atoms in total. The molecule has 2 N–H and O–H groups in total. The molecule has 1 amide bonds. The summed E-state index contributed by atoms with van der Waals surface area (Å²) in [7, 11) is 0. The van der Waals surface area contributed by atoms with Crippen molar-refractivity contribution in [3.63, 3.8) is 0 Å². The molecule has 0 saturated heterocycles. The highest BCUT2D eigenvalue weighted by atomic mass is 35.5. The zero-order valence-electron chi connectivity index (χ0n) is 9.02. The highest BCUT2D eigenvalue weighted by molar-refractivity contribution is 6.32. The summed E-state index contributed by atoms with van der Waals surface area (Å²) in [6.45, 7) is 0. The van der Waals surface area contributed by atoms with Crippen LogP contribution in [0.5, 0.6) is 5.75 Å². The zero-order valence-corrected chi connectivity index (χ0v) is 9.78. The number of nitrogens with one attached hydrogen (secondary N) is 1.